The summed E-state index contributed by atoms with van der Waals surface area (Å²) in [5.74, 6) is -0.372. The van der Waals surface area contributed by atoms with E-state index in [1.54, 1.807) is 107 Å². The number of halogens is 5. The fourth-order valence-corrected chi connectivity index (χ4v) is 7.82. The molecule has 11 rings (SSSR count). The Bertz CT molecular complexity index is 3600. The second-order valence-electron chi connectivity index (χ2n) is 16.5. The van der Waals surface area contributed by atoms with Crippen molar-refractivity contribution in [1.29, 1.82) is 5.26 Å². The topological polar surface area (TPSA) is 235 Å². The van der Waals surface area contributed by atoms with Crippen molar-refractivity contribution in [2.75, 3.05) is 23.7 Å². The van der Waals surface area contributed by atoms with Crippen molar-refractivity contribution < 1.29 is 26.7 Å². The number of H-pyrrole nitrogens is 1. The molecule has 22 heteroatoms. The monoisotopic (exact) mass is 1310 g/mol. The van der Waals surface area contributed by atoms with Crippen molar-refractivity contribution in [2.45, 2.75) is 19.6 Å². The summed E-state index contributed by atoms with van der Waals surface area (Å²) < 4.78 is 7.51. The van der Waals surface area contributed by atoms with E-state index < -0.39 is 0 Å². The van der Waals surface area contributed by atoms with Gasteiger partial charge in [-0.1, -0.05) is 126 Å². The SMILES string of the molecule is BrC1=CCN=C1.Brc1cnn(Cc2ccccc2)c1.Nc1ccc(Cl)cc1.Nc1ccc(Cl)cc1C(=O)c1cn[nH]c1.Nc1ccc(Cl)cc1C(=O)c1cnn(Cc2ccccc2)c1.[C-]#N.[C-]#[N+]c1cnn(Cc2ccccc2)c1.[Cu+]. The average Bonchev–Trinajstić information content (AvgIpc) is 4.40. The number of allylic oxidation sites excluding steroid dienone is 1. The second kappa shape index (κ2) is 35.3. The molecule has 0 fully saturated rings. The summed E-state index contributed by atoms with van der Waals surface area (Å²) in [4.78, 5) is 31.6. The van der Waals surface area contributed by atoms with Crippen LogP contribution in [0.25, 0.3) is 4.85 Å². The van der Waals surface area contributed by atoms with E-state index in [1.807, 2.05) is 95.8 Å². The Kier molecular flexibility index (Phi) is 28.4. The molecule has 1 aliphatic heterocycles. The van der Waals surface area contributed by atoms with Gasteiger partial charge in [0.2, 0.25) is 5.69 Å². The zero-order chi connectivity index (χ0) is 57.7. The van der Waals surface area contributed by atoms with Crippen LogP contribution in [0.4, 0.5) is 22.7 Å². The van der Waals surface area contributed by atoms with Crippen LogP contribution in [0, 0.1) is 18.4 Å². The van der Waals surface area contributed by atoms with Gasteiger partial charge in [0.05, 0.1) is 73.1 Å². The molecule has 0 spiro atoms. The van der Waals surface area contributed by atoms with Gasteiger partial charge in [-0.25, -0.2) is 4.85 Å². The molecule has 4 aromatic heterocycles. The molecule has 414 valence electrons. The van der Waals surface area contributed by atoms with Crippen molar-refractivity contribution >= 4 is 107 Å². The number of nitrogens with zero attached hydrogens (tertiary/aromatic N) is 10. The number of carbonyl (C=O) groups excluding carboxylic acids is 2. The van der Waals surface area contributed by atoms with Gasteiger partial charge in [0.25, 0.3) is 0 Å². The Morgan fingerprint density at radius 3 is 1.44 bits per heavy atom. The van der Waals surface area contributed by atoms with Crippen LogP contribution in [0.3, 0.4) is 0 Å². The van der Waals surface area contributed by atoms with E-state index in [0.717, 1.165) is 44.9 Å². The minimum absolute atomic E-state index is 0. The summed E-state index contributed by atoms with van der Waals surface area (Å²) in [6.45, 7) is 14.6. The third kappa shape index (κ3) is 23.1. The second-order valence-corrected chi connectivity index (χ2v) is 19.6. The molecule has 81 heavy (non-hydrogen) atoms. The number of rotatable bonds is 10. The molecule has 0 saturated heterocycles. The molecule has 5 heterocycles. The number of anilines is 3. The zero-order valence-corrected chi connectivity index (χ0v) is 49.1. The van der Waals surface area contributed by atoms with Crippen molar-refractivity contribution in [1.82, 2.24) is 39.5 Å². The van der Waals surface area contributed by atoms with Gasteiger partial charge < -0.3 is 29.0 Å². The van der Waals surface area contributed by atoms with Crippen LogP contribution in [0.5, 0.6) is 0 Å². The summed E-state index contributed by atoms with van der Waals surface area (Å²) in [5.41, 5.74) is 24.4. The van der Waals surface area contributed by atoms with Crippen molar-refractivity contribution in [2.24, 2.45) is 4.99 Å². The Balaban J connectivity index is 0.000000215. The van der Waals surface area contributed by atoms with Gasteiger partial charge in [0.15, 0.2) is 11.6 Å². The van der Waals surface area contributed by atoms with Crippen LogP contribution in [0.1, 0.15) is 48.5 Å². The molecule has 16 nitrogen and oxygen atoms in total. The summed E-state index contributed by atoms with van der Waals surface area (Å²) in [6.07, 6.45) is 17.1. The molecule has 0 radical (unpaired) electrons. The number of hydrogen-bond acceptors (Lipinski definition) is 11. The fourth-order valence-electron chi connectivity index (χ4n) is 6.73. The summed E-state index contributed by atoms with van der Waals surface area (Å²) in [7, 11) is 0. The molecule has 0 saturated carbocycles. The molecule has 1 aliphatic rings. The third-order valence-corrected chi connectivity index (χ3v) is 12.2. The number of ketones is 2. The molecule has 10 aromatic rings. The minimum Gasteiger partial charge on any atom is -0.512 e. The smallest absolute Gasteiger partial charge is 0.512 e. The molecule has 0 aliphatic carbocycles. The summed E-state index contributed by atoms with van der Waals surface area (Å²) >= 11 is 23.9. The number of aliphatic imine (C=N–C) groups is 1. The normalized spacial score (nSPS) is 10.4. The Labute approximate surface area is 511 Å². The van der Waals surface area contributed by atoms with Crippen molar-refractivity contribution in [3.63, 3.8) is 0 Å². The van der Waals surface area contributed by atoms with E-state index in [4.69, 9.17) is 70.4 Å². The van der Waals surface area contributed by atoms with Gasteiger partial charge in [0.1, 0.15) is 0 Å². The summed E-state index contributed by atoms with van der Waals surface area (Å²) in [5, 5.41) is 26.7. The number of aromatic amines is 1. The maximum Gasteiger partial charge on any atom is 1.00 e. The average molecular weight is 1320 g/mol. The maximum absolute atomic E-state index is 12.5. The van der Waals surface area contributed by atoms with Gasteiger partial charge in [0, 0.05) is 78.7 Å². The van der Waals surface area contributed by atoms with E-state index in [9.17, 15) is 9.59 Å². The standard InChI is InChI=1S/C17H14ClN3O.C11H9N3.C10H9BrN2.C10H8ClN3O.C6H6ClN.C4H4BrN.CN.Cu/c18-14-6-7-16(19)15(8-14)17(22)13-9-20-21(11-13)10-12-4-2-1-3-5-12;1-12-11-7-13-14(9-11)8-10-5-3-2-4-6-10;11-10-6-12-13(8-10)7-9-4-2-1-3-5-9;11-7-1-2-9(12)8(3-7)10(15)6-4-13-14-5-6;7-5-1-3-6(8)4-2-5;5-4-1-2-6-3-4;1-2;/h1-9,11H,10,19H2;2-7,9H,8H2;1-6,8H,7H2;1-5H,12H2,(H,13,14);1-4H,8H2;1,3H,2H2;;/q;;;;;;-1;+1. The zero-order valence-electron chi connectivity index (χ0n) is 42.7. The van der Waals surface area contributed by atoms with Gasteiger partial charge in [-0.05, 0) is 115 Å². The largest absolute Gasteiger partial charge is 1.00 e. The maximum atomic E-state index is 12.5. The van der Waals surface area contributed by atoms with Gasteiger partial charge in [-0.2, -0.15) is 20.4 Å². The number of nitrogens with two attached hydrogens (primary N) is 3. The Morgan fingerprint density at radius 1 is 0.593 bits per heavy atom. The van der Waals surface area contributed by atoms with E-state index in [0.29, 0.717) is 55.9 Å². The first-order valence-electron chi connectivity index (χ1n) is 23.7. The van der Waals surface area contributed by atoms with Gasteiger partial charge in [-0.3, -0.25) is 33.7 Å². The van der Waals surface area contributed by atoms with Gasteiger partial charge in [-0.15, -0.1) is 0 Å². The molecule has 0 atom stereocenters. The minimum atomic E-state index is -0.191. The van der Waals surface area contributed by atoms with Crippen LogP contribution in [0.15, 0.2) is 221 Å². The quantitative estimate of drug-likeness (QED) is 0.0437. The molecular weight excluding hydrogens is 1270 g/mol. The molecule has 7 N–H and O–H groups in total. The number of hydrogen-bond donors (Lipinski definition) is 4. The third-order valence-electron chi connectivity index (χ3n) is 10.6. The summed E-state index contributed by atoms with van der Waals surface area (Å²) in [6, 6.07) is 47.0. The van der Waals surface area contributed by atoms with E-state index in [-0.39, 0.29) is 28.6 Å². The van der Waals surface area contributed by atoms with E-state index in [1.165, 1.54) is 23.5 Å². The van der Waals surface area contributed by atoms with Crippen LogP contribution in [-0.4, -0.2) is 63.9 Å². The predicted octanol–water partition coefficient (Wildman–Crippen LogP) is 13.8. The van der Waals surface area contributed by atoms with Crippen LogP contribution in [-0.2, 0) is 36.7 Å². The van der Waals surface area contributed by atoms with Gasteiger partial charge >= 0.3 is 17.1 Å². The van der Waals surface area contributed by atoms with Crippen LogP contribution < -0.4 is 17.2 Å². The molecule has 0 bridgehead atoms. The molecule has 0 amide bonds. The number of benzene rings is 6. The first-order valence-corrected chi connectivity index (χ1v) is 26.4. The van der Waals surface area contributed by atoms with E-state index in [2.05, 4.69) is 79.3 Å². The first-order chi connectivity index (χ1) is 38.7. The number of aromatic nitrogens is 8. The predicted molar refractivity (Wildman–Crippen MR) is 326 cm³/mol. The molecular formula is C59H50Br2Cl3CuN14O2. The van der Waals surface area contributed by atoms with Crippen molar-refractivity contribution in [3.05, 3.63) is 288 Å². The number of nitrogens with one attached hydrogen (secondary N) is 1. The molecule has 6 aromatic carbocycles. The van der Waals surface area contributed by atoms with Crippen LogP contribution in [0.2, 0.25) is 15.1 Å². The van der Waals surface area contributed by atoms with E-state index >= 15 is 0 Å². The fraction of sp³-hybridized carbons (Fsp3) is 0.0678. The first kappa shape index (κ1) is 65.2. The Hall–Kier alpha value is -8.36. The van der Waals surface area contributed by atoms with Crippen molar-refractivity contribution in [3.8, 4) is 0 Å². The van der Waals surface area contributed by atoms with Crippen LogP contribution >= 0.6 is 66.7 Å². The Morgan fingerprint density at radius 2 is 1.05 bits per heavy atom. The number of carbonyl (C=O) groups is 2. The number of nitrogen functional groups attached to an aromatic ring is 3. The molecule has 0 unspecified atom stereocenters.